The molecule has 2 N–H and O–H groups in total. The van der Waals surface area contributed by atoms with Crippen molar-refractivity contribution >= 4 is 15.9 Å². The topological polar surface area (TPSA) is 162 Å². The summed E-state index contributed by atoms with van der Waals surface area (Å²) < 4.78 is 47.7. The molecule has 2 aliphatic rings. The SMILES string of the molecule is CS(=O)(=O)N1CCC2(CC1)OCCn1c2nc(C(=O)NCc2ccc(F)cc2-n2cncn2)c(O)c1=O. The summed E-state index contributed by atoms with van der Waals surface area (Å²) in [7, 11) is -3.40. The zero-order chi connectivity index (χ0) is 26.4. The van der Waals surface area contributed by atoms with Gasteiger partial charge in [0.15, 0.2) is 5.69 Å². The average Bonchev–Trinajstić information content (AvgIpc) is 3.40. The van der Waals surface area contributed by atoms with Gasteiger partial charge in [0, 0.05) is 19.6 Å². The number of amides is 1. The zero-order valence-corrected chi connectivity index (χ0v) is 20.6. The first kappa shape index (κ1) is 25.0. The number of hydrogen-bond acceptors (Lipinski definition) is 9. The van der Waals surface area contributed by atoms with Gasteiger partial charge < -0.3 is 15.2 Å². The molecule has 1 spiro atoms. The smallest absolute Gasteiger partial charge is 0.296 e. The van der Waals surface area contributed by atoms with Crippen LogP contribution in [0.5, 0.6) is 5.75 Å². The first-order chi connectivity index (χ1) is 17.6. The number of carbonyl (C=O) groups excluding carboxylic acids is 1. The van der Waals surface area contributed by atoms with Gasteiger partial charge >= 0.3 is 0 Å². The summed E-state index contributed by atoms with van der Waals surface area (Å²) >= 11 is 0. The monoisotopic (exact) mass is 533 g/mol. The second-order valence-corrected chi connectivity index (χ2v) is 10.9. The van der Waals surface area contributed by atoms with E-state index in [0.717, 1.165) is 6.26 Å². The maximum atomic E-state index is 13.8. The lowest BCUT2D eigenvalue weighted by molar-refractivity contribution is -0.110. The van der Waals surface area contributed by atoms with Crippen LogP contribution in [0.15, 0.2) is 35.6 Å². The van der Waals surface area contributed by atoms with Crippen LogP contribution in [0.4, 0.5) is 4.39 Å². The number of aromatic hydroxyl groups is 1. The summed E-state index contributed by atoms with van der Waals surface area (Å²) in [6, 6.07) is 3.94. The number of benzene rings is 1. The molecule has 1 aromatic carbocycles. The predicted molar refractivity (Wildman–Crippen MR) is 126 cm³/mol. The Morgan fingerprint density at radius 2 is 2.03 bits per heavy atom. The van der Waals surface area contributed by atoms with Crippen LogP contribution in [-0.4, -0.2) is 74.0 Å². The lowest BCUT2D eigenvalue weighted by Crippen LogP contribution is -2.52. The quantitative estimate of drug-likeness (QED) is 0.455. The molecule has 5 rings (SSSR count). The number of fused-ring (bicyclic) bond motifs is 2. The number of rotatable bonds is 5. The summed E-state index contributed by atoms with van der Waals surface area (Å²) in [5.41, 5.74) is -1.48. The number of ether oxygens (including phenoxy) is 1. The highest BCUT2D eigenvalue weighted by Crippen LogP contribution is 2.38. The van der Waals surface area contributed by atoms with Gasteiger partial charge in [-0.05, 0) is 30.5 Å². The number of halogens is 1. The number of nitrogens with zero attached hydrogens (tertiary/aromatic N) is 6. The average molecular weight is 534 g/mol. The summed E-state index contributed by atoms with van der Waals surface area (Å²) in [6.45, 7) is 0.539. The fourth-order valence-corrected chi connectivity index (χ4v) is 5.54. The van der Waals surface area contributed by atoms with E-state index in [1.54, 1.807) is 0 Å². The van der Waals surface area contributed by atoms with Gasteiger partial charge in [-0.15, -0.1) is 0 Å². The Bertz CT molecular complexity index is 1510. The van der Waals surface area contributed by atoms with Crippen molar-refractivity contribution in [2.75, 3.05) is 26.0 Å². The molecule has 3 aromatic rings. The molecule has 196 valence electrons. The van der Waals surface area contributed by atoms with Gasteiger partial charge in [0.05, 0.1) is 25.1 Å². The van der Waals surface area contributed by atoms with Crippen molar-refractivity contribution < 1.29 is 27.4 Å². The molecule has 4 heterocycles. The van der Waals surface area contributed by atoms with Crippen molar-refractivity contribution in [2.45, 2.75) is 31.5 Å². The van der Waals surface area contributed by atoms with Crippen molar-refractivity contribution in [3.63, 3.8) is 0 Å². The lowest BCUT2D eigenvalue weighted by Gasteiger charge is -2.43. The summed E-state index contributed by atoms with van der Waals surface area (Å²) in [4.78, 5) is 34.3. The first-order valence-electron chi connectivity index (χ1n) is 11.4. The fourth-order valence-electron chi connectivity index (χ4n) is 4.69. The van der Waals surface area contributed by atoms with E-state index < -0.39 is 44.4 Å². The van der Waals surface area contributed by atoms with Crippen molar-refractivity contribution in [3.05, 3.63) is 64.1 Å². The lowest BCUT2D eigenvalue weighted by atomic mass is 9.89. The Kier molecular flexibility index (Phi) is 6.29. The van der Waals surface area contributed by atoms with E-state index in [1.807, 2.05) is 0 Å². The standard InChI is InChI=1S/C22H24FN7O6S/c1-37(34,35)28-6-4-22(5-7-28)21-27-17(18(31)20(33)29(21)8-9-36-22)19(32)25-11-14-2-3-15(23)10-16(14)30-13-24-12-26-30/h2-3,10,12-13,31H,4-9,11H2,1H3,(H,25,32). The van der Waals surface area contributed by atoms with E-state index in [2.05, 4.69) is 20.4 Å². The Hall–Kier alpha value is -3.69. The molecule has 13 nitrogen and oxygen atoms in total. The number of aromatic nitrogens is 5. The molecule has 1 fully saturated rings. The van der Waals surface area contributed by atoms with Crippen LogP contribution in [0.2, 0.25) is 0 Å². The third-order valence-electron chi connectivity index (χ3n) is 6.61. The normalized spacial score (nSPS) is 17.5. The Morgan fingerprint density at radius 3 is 2.70 bits per heavy atom. The van der Waals surface area contributed by atoms with Crippen LogP contribution in [0.25, 0.3) is 5.69 Å². The highest BCUT2D eigenvalue weighted by molar-refractivity contribution is 7.88. The molecule has 0 unspecified atom stereocenters. The molecule has 0 radical (unpaired) electrons. The minimum absolute atomic E-state index is 0.0845. The maximum absolute atomic E-state index is 13.8. The summed E-state index contributed by atoms with van der Waals surface area (Å²) in [5, 5.41) is 17.1. The van der Waals surface area contributed by atoms with E-state index in [9.17, 15) is 27.5 Å². The Balaban J connectivity index is 1.44. The molecular weight excluding hydrogens is 509 g/mol. The third-order valence-corrected chi connectivity index (χ3v) is 7.92. The van der Waals surface area contributed by atoms with Gasteiger partial charge in [0.1, 0.15) is 29.9 Å². The highest BCUT2D eigenvalue weighted by atomic mass is 32.2. The predicted octanol–water partition coefficient (Wildman–Crippen LogP) is -0.120. The number of sulfonamides is 1. The molecule has 2 aliphatic heterocycles. The number of nitrogens with one attached hydrogen (secondary N) is 1. The van der Waals surface area contributed by atoms with E-state index in [0.29, 0.717) is 11.3 Å². The van der Waals surface area contributed by atoms with Crippen LogP contribution in [0.1, 0.15) is 34.7 Å². The summed E-state index contributed by atoms with van der Waals surface area (Å²) in [6.07, 6.45) is 4.25. The van der Waals surface area contributed by atoms with E-state index in [-0.39, 0.29) is 51.5 Å². The zero-order valence-electron chi connectivity index (χ0n) is 19.8. The van der Waals surface area contributed by atoms with Gasteiger partial charge in [-0.25, -0.2) is 31.8 Å². The van der Waals surface area contributed by atoms with E-state index in [1.165, 1.54) is 44.4 Å². The molecule has 1 saturated heterocycles. The molecule has 0 atom stereocenters. The van der Waals surface area contributed by atoms with Crippen molar-refractivity contribution in [2.24, 2.45) is 0 Å². The second kappa shape index (κ2) is 9.32. The molecule has 15 heteroatoms. The van der Waals surface area contributed by atoms with Crippen molar-refractivity contribution in [1.82, 2.24) is 33.9 Å². The van der Waals surface area contributed by atoms with Gasteiger partial charge in [-0.1, -0.05) is 6.07 Å². The largest absolute Gasteiger partial charge is 0.501 e. The van der Waals surface area contributed by atoms with Crippen LogP contribution < -0.4 is 10.9 Å². The minimum Gasteiger partial charge on any atom is -0.501 e. The van der Waals surface area contributed by atoms with E-state index in [4.69, 9.17) is 4.74 Å². The maximum Gasteiger partial charge on any atom is 0.296 e. The van der Waals surface area contributed by atoms with Gasteiger partial charge in [-0.3, -0.25) is 14.2 Å². The molecule has 0 aliphatic carbocycles. The molecule has 0 saturated carbocycles. The molecule has 1 amide bonds. The third kappa shape index (κ3) is 4.60. The fraction of sp³-hybridized carbons (Fsp3) is 0.409. The molecular formula is C22H24FN7O6S. The molecule has 37 heavy (non-hydrogen) atoms. The molecule has 0 bridgehead atoms. The molecule has 2 aromatic heterocycles. The van der Waals surface area contributed by atoms with Gasteiger partial charge in [0.2, 0.25) is 15.8 Å². The van der Waals surface area contributed by atoms with Gasteiger partial charge in [-0.2, -0.15) is 5.10 Å². The number of hydrogen-bond donors (Lipinski definition) is 2. The summed E-state index contributed by atoms with van der Waals surface area (Å²) in [5.74, 6) is -1.96. The number of carbonyl (C=O) groups is 1. The van der Waals surface area contributed by atoms with Crippen LogP contribution in [0.3, 0.4) is 0 Å². The first-order valence-corrected chi connectivity index (χ1v) is 13.3. The number of piperidine rings is 1. The second-order valence-electron chi connectivity index (χ2n) is 8.89. The van der Waals surface area contributed by atoms with Gasteiger partial charge in [0.25, 0.3) is 11.5 Å². The van der Waals surface area contributed by atoms with Crippen molar-refractivity contribution in [1.29, 1.82) is 0 Å². The van der Waals surface area contributed by atoms with Crippen molar-refractivity contribution in [3.8, 4) is 11.4 Å². The Labute approximate surface area is 210 Å². The minimum atomic E-state index is -3.40. The van der Waals surface area contributed by atoms with Crippen LogP contribution >= 0.6 is 0 Å². The highest BCUT2D eigenvalue weighted by Gasteiger charge is 2.45. The Morgan fingerprint density at radius 1 is 1.27 bits per heavy atom. The van der Waals surface area contributed by atoms with Crippen LogP contribution in [-0.2, 0) is 33.5 Å². The van der Waals surface area contributed by atoms with E-state index >= 15 is 0 Å². The van der Waals surface area contributed by atoms with Crippen LogP contribution in [0, 0.1) is 5.82 Å².